The minimum Gasteiger partial charge on any atom is -0.450 e. The summed E-state index contributed by atoms with van der Waals surface area (Å²) in [5, 5.41) is 0.305. The van der Waals surface area contributed by atoms with Crippen LogP contribution in [0.2, 0.25) is 0 Å². The molecule has 6 nitrogen and oxygen atoms in total. The van der Waals surface area contributed by atoms with E-state index in [4.69, 9.17) is 4.42 Å². The van der Waals surface area contributed by atoms with E-state index in [1.54, 1.807) is 54.6 Å². The summed E-state index contributed by atoms with van der Waals surface area (Å²) in [5.41, 5.74) is 3.07. The third-order valence-corrected chi connectivity index (χ3v) is 8.60. The maximum Gasteiger partial charge on any atom is 0.291 e. The summed E-state index contributed by atoms with van der Waals surface area (Å²) >= 11 is 0. The molecule has 42 heavy (non-hydrogen) atoms. The van der Waals surface area contributed by atoms with Crippen LogP contribution in [0.15, 0.2) is 94.1 Å². The number of anilines is 1. The van der Waals surface area contributed by atoms with Crippen LogP contribution in [0.25, 0.3) is 11.0 Å². The molecule has 0 radical (unpaired) electrons. The number of halogens is 1. The van der Waals surface area contributed by atoms with Crippen LogP contribution >= 0.6 is 0 Å². The highest BCUT2D eigenvalue weighted by Gasteiger charge is 2.65. The van der Waals surface area contributed by atoms with Crippen molar-refractivity contribution in [1.29, 1.82) is 0 Å². The second-order valence-corrected chi connectivity index (χ2v) is 11.2. The maximum absolute atomic E-state index is 14.9. The van der Waals surface area contributed by atoms with E-state index in [9.17, 15) is 18.8 Å². The van der Waals surface area contributed by atoms with Gasteiger partial charge in [-0.1, -0.05) is 66.2 Å². The lowest BCUT2D eigenvalue weighted by atomic mass is 9.83. The molecule has 4 aromatic carbocycles. The smallest absolute Gasteiger partial charge is 0.291 e. The molecule has 0 N–H and O–H groups in total. The molecule has 7 heteroatoms. The fraction of sp³-hybridized carbons (Fsp3) is 0.171. The van der Waals surface area contributed by atoms with Crippen molar-refractivity contribution in [1.82, 2.24) is 4.90 Å². The summed E-state index contributed by atoms with van der Waals surface area (Å²) in [6.07, 6.45) is 0. The van der Waals surface area contributed by atoms with E-state index in [-0.39, 0.29) is 24.4 Å². The Balaban J connectivity index is 1.52. The summed E-state index contributed by atoms with van der Waals surface area (Å²) in [6.45, 7) is 5.77. The zero-order chi connectivity index (χ0) is 29.3. The number of aryl methyl sites for hydroxylation is 3. The Morgan fingerprint density at radius 1 is 0.810 bits per heavy atom. The van der Waals surface area contributed by atoms with Crippen molar-refractivity contribution >= 4 is 28.5 Å². The summed E-state index contributed by atoms with van der Waals surface area (Å²) < 4.78 is 21.1. The lowest BCUT2D eigenvalue weighted by molar-refractivity contribution is -0.126. The summed E-state index contributed by atoms with van der Waals surface area (Å²) in [5.74, 6) is -1.63. The molecule has 1 atom stereocenters. The Kier molecular flexibility index (Phi) is 5.70. The van der Waals surface area contributed by atoms with Crippen molar-refractivity contribution in [2.45, 2.75) is 39.4 Å². The quantitative estimate of drug-likeness (QED) is 0.260. The Hall–Kier alpha value is -5.04. The van der Waals surface area contributed by atoms with Gasteiger partial charge in [-0.15, -0.1) is 0 Å². The Bertz CT molecular complexity index is 2010. The third-order valence-electron chi connectivity index (χ3n) is 8.60. The van der Waals surface area contributed by atoms with Gasteiger partial charge < -0.3 is 14.2 Å². The number of fused-ring (bicyclic) bond motifs is 5. The molecule has 1 aromatic heterocycles. The highest BCUT2D eigenvalue weighted by atomic mass is 19.1. The van der Waals surface area contributed by atoms with Crippen molar-refractivity contribution in [3.05, 3.63) is 146 Å². The first-order valence-corrected chi connectivity index (χ1v) is 13.8. The van der Waals surface area contributed by atoms with Crippen molar-refractivity contribution in [3.8, 4) is 0 Å². The molecule has 0 aliphatic carbocycles. The third kappa shape index (κ3) is 3.52. The number of amides is 2. The van der Waals surface area contributed by atoms with E-state index >= 15 is 0 Å². The van der Waals surface area contributed by atoms with Crippen molar-refractivity contribution in [2.75, 3.05) is 4.90 Å². The van der Waals surface area contributed by atoms with Crippen LogP contribution in [0.1, 0.15) is 49.5 Å². The Morgan fingerprint density at radius 2 is 1.50 bits per heavy atom. The van der Waals surface area contributed by atoms with Gasteiger partial charge in [-0.05, 0) is 61.7 Å². The molecule has 0 saturated heterocycles. The average Bonchev–Trinajstić information content (AvgIpc) is 3.37. The van der Waals surface area contributed by atoms with Crippen LogP contribution < -0.4 is 10.3 Å². The first-order valence-electron chi connectivity index (χ1n) is 13.8. The van der Waals surface area contributed by atoms with Gasteiger partial charge in [0.1, 0.15) is 11.4 Å². The lowest BCUT2D eigenvalue weighted by Crippen LogP contribution is -2.53. The molecule has 7 rings (SSSR count). The Morgan fingerprint density at radius 3 is 2.26 bits per heavy atom. The van der Waals surface area contributed by atoms with Crippen molar-refractivity contribution < 1.29 is 18.4 Å². The monoisotopic (exact) mass is 558 g/mol. The van der Waals surface area contributed by atoms with Gasteiger partial charge in [0.2, 0.25) is 5.76 Å². The molecule has 1 spiro atoms. The molecule has 2 aliphatic heterocycles. The van der Waals surface area contributed by atoms with Crippen LogP contribution in [0.5, 0.6) is 0 Å². The Labute approximate surface area is 241 Å². The van der Waals surface area contributed by atoms with Crippen LogP contribution in [0.4, 0.5) is 10.1 Å². The number of carbonyl (C=O) groups excluding carboxylic acids is 2. The zero-order valence-corrected chi connectivity index (χ0v) is 23.4. The van der Waals surface area contributed by atoms with Crippen LogP contribution in [0.3, 0.4) is 0 Å². The van der Waals surface area contributed by atoms with Gasteiger partial charge in [0.25, 0.3) is 11.8 Å². The van der Waals surface area contributed by atoms with Crippen LogP contribution in [0, 0.1) is 26.6 Å². The fourth-order valence-electron chi connectivity index (χ4n) is 6.30. The van der Waals surface area contributed by atoms with E-state index in [0.717, 1.165) is 22.3 Å². The molecular weight excluding hydrogens is 531 g/mol. The van der Waals surface area contributed by atoms with E-state index in [1.165, 1.54) is 15.9 Å². The predicted molar refractivity (Wildman–Crippen MR) is 158 cm³/mol. The molecule has 0 fully saturated rings. The SMILES string of the molecule is Cc1ccc(CN2C(=O)c3oc4cc(C)c(C)cc4c(=O)c3C23C(=O)N(Cc2ccccc2F)c2ccccc23)cc1. The first kappa shape index (κ1) is 25.9. The van der Waals surface area contributed by atoms with E-state index in [0.29, 0.717) is 27.8 Å². The number of hydrogen-bond acceptors (Lipinski definition) is 4. The second kappa shape index (κ2) is 9.24. The summed E-state index contributed by atoms with van der Waals surface area (Å²) in [4.78, 5) is 46.6. The highest BCUT2D eigenvalue weighted by Crippen LogP contribution is 2.53. The van der Waals surface area contributed by atoms with E-state index in [1.807, 2.05) is 45.0 Å². The number of nitrogens with zero attached hydrogens (tertiary/aromatic N) is 2. The molecule has 0 saturated carbocycles. The standard InChI is InChI=1S/C35H27FN2O4/c1-20-12-14-23(15-13-20)18-38-33(40)32-30(31(39)25-16-21(2)22(3)17-29(25)42-32)35(38)26-9-5-7-11-28(26)37(34(35)41)19-24-8-4-6-10-27(24)36/h4-17H,18-19H2,1-3H3. The van der Waals surface area contributed by atoms with Gasteiger partial charge >= 0.3 is 0 Å². The van der Waals surface area contributed by atoms with Crippen molar-refractivity contribution in [3.63, 3.8) is 0 Å². The van der Waals surface area contributed by atoms with Crippen LogP contribution in [-0.4, -0.2) is 16.7 Å². The van der Waals surface area contributed by atoms with Crippen molar-refractivity contribution in [2.24, 2.45) is 0 Å². The molecule has 0 bridgehead atoms. The molecule has 208 valence electrons. The van der Waals surface area contributed by atoms with Gasteiger partial charge in [-0.25, -0.2) is 4.39 Å². The minimum absolute atomic E-state index is 0.00356. The molecule has 3 heterocycles. The molecule has 2 aliphatic rings. The minimum atomic E-state index is -1.79. The second-order valence-electron chi connectivity index (χ2n) is 11.2. The highest BCUT2D eigenvalue weighted by molar-refractivity contribution is 6.17. The molecular formula is C35H27FN2O4. The van der Waals surface area contributed by atoms with Crippen LogP contribution in [-0.2, 0) is 23.4 Å². The van der Waals surface area contributed by atoms with Gasteiger partial charge in [0.15, 0.2) is 11.0 Å². The van der Waals surface area contributed by atoms with Gasteiger partial charge in [0.05, 0.1) is 23.2 Å². The maximum atomic E-state index is 14.9. The number of rotatable bonds is 4. The largest absolute Gasteiger partial charge is 0.450 e. The van der Waals surface area contributed by atoms with E-state index < -0.39 is 28.6 Å². The molecule has 1 unspecified atom stereocenters. The predicted octanol–water partition coefficient (Wildman–Crippen LogP) is 6.30. The topological polar surface area (TPSA) is 70.8 Å². The molecule has 2 amide bonds. The van der Waals surface area contributed by atoms with Gasteiger partial charge in [0, 0.05) is 17.7 Å². The summed E-state index contributed by atoms with van der Waals surface area (Å²) in [6, 6.07) is 24.6. The van der Waals surface area contributed by atoms with E-state index in [2.05, 4.69) is 0 Å². The first-order chi connectivity index (χ1) is 20.2. The number of para-hydroxylation sites is 1. The number of hydrogen-bond donors (Lipinski definition) is 0. The fourth-order valence-corrected chi connectivity index (χ4v) is 6.30. The lowest BCUT2D eigenvalue weighted by Gasteiger charge is -2.34. The summed E-state index contributed by atoms with van der Waals surface area (Å²) in [7, 11) is 0. The zero-order valence-electron chi connectivity index (χ0n) is 23.4. The normalized spacial score (nSPS) is 17.4. The average molecular weight is 559 g/mol. The van der Waals surface area contributed by atoms with Gasteiger partial charge in [-0.2, -0.15) is 0 Å². The number of benzene rings is 4. The van der Waals surface area contributed by atoms with Gasteiger partial charge in [-0.3, -0.25) is 14.4 Å². The number of carbonyl (C=O) groups is 2. The molecule has 5 aromatic rings.